The molecule has 0 bridgehead atoms. The maximum atomic E-state index is 5.39. The van der Waals surface area contributed by atoms with E-state index in [1.54, 1.807) is 23.7 Å². The summed E-state index contributed by atoms with van der Waals surface area (Å²) in [6.07, 6.45) is 3.51. The molecule has 0 unspecified atom stereocenters. The monoisotopic (exact) mass is 432 g/mol. The Labute approximate surface area is 180 Å². The molecule has 0 fully saturated rings. The van der Waals surface area contributed by atoms with Gasteiger partial charge in [-0.05, 0) is 42.1 Å². The van der Waals surface area contributed by atoms with Gasteiger partial charge in [-0.2, -0.15) is 16.3 Å². The molecule has 5 aromatic rings. The van der Waals surface area contributed by atoms with Gasteiger partial charge in [-0.1, -0.05) is 35.1 Å². The van der Waals surface area contributed by atoms with Crippen LogP contribution in [0.2, 0.25) is 0 Å². The number of aromatic nitrogens is 6. The average molecular weight is 433 g/mol. The predicted octanol–water partition coefficient (Wildman–Crippen LogP) is 5.04. The van der Waals surface area contributed by atoms with Gasteiger partial charge in [0.05, 0.1) is 17.0 Å². The second kappa shape index (κ2) is 8.21. The quantitative estimate of drug-likeness (QED) is 0.348. The SMILES string of the molecule is Cc1ccccc1-n1c(SCc2noc(-c3ccsc3)n2)nnc1-c1ccncc1. The summed E-state index contributed by atoms with van der Waals surface area (Å²) < 4.78 is 7.45. The van der Waals surface area contributed by atoms with Crippen molar-refractivity contribution in [3.05, 3.63) is 77.0 Å². The van der Waals surface area contributed by atoms with Gasteiger partial charge < -0.3 is 4.52 Å². The molecule has 0 aliphatic rings. The molecule has 148 valence electrons. The molecule has 7 nitrogen and oxygen atoms in total. The molecule has 0 aliphatic heterocycles. The Morgan fingerprint density at radius 2 is 1.90 bits per heavy atom. The van der Waals surface area contributed by atoms with E-state index in [9.17, 15) is 0 Å². The number of thiophene rings is 1. The third-order valence-electron chi connectivity index (χ3n) is 4.49. The van der Waals surface area contributed by atoms with Crippen LogP contribution < -0.4 is 0 Å². The van der Waals surface area contributed by atoms with Crippen molar-refractivity contribution in [3.63, 3.8) is 0 Å². The first-order valence-electron chi connectivity index (χ1n) is 9.19. The molecule has 1 aromatic carbocycles. The summed E-state index contributed by atoms with van der Waals surface area (Å²) in [5.74, 6) is 2.44. The second-order valence-electron chi connectivity index (χ2n) is 6.48. The number of para-hydroxylation sites is 1. The summed E-state index contributed by atoms with van der Waals surface area (Å²) in [6, 6.07) is 14.0. The largest absolute Gasteiger partial charge is 0.334 e. The Hall–Kier alpha value is -3.30. The first-order valence-corrected chi connectivity index (χ1v) is 11.1. The van der Waals surface area contributed by atoms with Crippen molar-refractivity contribution in [2.24, 2.45) is 0 Å². The van der Waals surface area contributed by atoms with Crippen LogP contribution in [0.15, 0.2) is 75.3 Å². The lowest BCUT2D eigenvalue weighted by atomic mass is 10.2. The summed E-state index contributed by atoms with van der Waals surface area (Å²) in [6.45, 7) is 2.08. The number of rotatable bonds is 6. The summed E-state index contributed by atoms with van der Waals surface area (Å²) >= 11 is 3.12. The van der Waals surface area contributed by atoms with E-state index >= 15 is 0 Å². The minimum absolute atomic E-state index is 0.522. The predicted molar refractivity (Wildman–Crippen MR) is 116 cm³/mol. The molecule has 0 atom stereocenters. The van der Waals surface area contributed by atoms with Gasteiger partial charge in [-0.15, -0.1) is 10.2 Å². The Balaban J connectivity index is 1.48. The average Bonchev–Trinajstić information content (AvgIpc) is 3.53. The van der Waals surface area contributed by atoms with Gasteiger partial charge in [-0.3, -0.25) is 9.55 Å². The van der Waals surface area contributed by atoms with E-state index in [1.807, 2.05) is 41.1 Å². The lowest BCUT2D eigenvalue weighted by Crippen LogP contribution is -2.02. The molecule has 30 heavy (non-hydrogen) atoms. The molecule has 5 rings (SSSR count). The smallest absolute Gasteiger partial charge is 0.258 e. The van der Waals surface area contributed by atoms with Crippen LogP contribution in [0.1, 0.15) is 11.4 Å². The first-order chi connectivity index (χ1) is 14.8. The van der Waals surface area contributed by atoms with Crippen molar-refractivity contribution in [2.45, 2.75) is 17.8 Å². The molecule has 0 amide bonds. The number of nitrogens with zero attached hydrogens (tertiary/aromatic N) is 6. The Morgan fingerprint density at radius 1 is 1.03 bits per heavy atom. The van der Waals surface area contributed by atoms with Crippen molar-refractivity contribution >= 4 is 23.1 Å². The maximum Gasteiger partial charge on any atom is 0.258 e. The minimum Gasteiger partial charge on any atom is -0.334 e. The van der Waals surface area contributed by atoms with Gasteiger partial charge in [-0.25, -0.2) is 0 Å². The van der Waals surface area contributed by atoms with E-state index in [2.05, 4.69) is 48.9 Å². The fourth-order valence-corrected chi connectivity index (χ4v) is 4.45. The highest BCUT2D eigenvalue weighted by molar-refractivity contribution is 7.98. The fourth-order valence-electron chi connectivity index (χ4n) is 3.03. The zero-order valence-electron chi connectivity index (χ0n) is 16.0. The topological polar surface area (TPSA) is 82.5 Å². The van der Waals surface area contributed by atoms with E-state index in [1.165, 1.54) is 11.8 Å². The van der Waals surface area contributed by atoms with Gasteiger partial charge in [0.15, 0.2) is 16.8 Å². The molecule has 0 N–H and O–H groups in total. The van der Waals surface area contributed by atoms with Crippen LogP contribution in [0, 0.1) is 6.92 Å². The van der Waals surface area contributed by atoms with E-state index in [0.717, 1.165) is 33.4 Å². The van der Waals surface area contributed by atoms with E-state index in [0.29, 0.717) is 17.5 Å². The molecule has 0 spiro atoms. The van der Waals surface area contributed by atoms with Gasteiger partial charge in [0.2, 0.25) is 0 Å². The molecule has 0 saturated carbocycles. The number of pyridine rings is 1. The first kappa shape index (κ1) is 18.7. The van der Waals surface area contributed by atoms with Crippen molar-refractivity contribution in [2.75, 3.05) is 0 Å². The van der Waals surface area contributed by atoms with Gasteiger partial charge in [0, 0.05) is 23.3 Å². The molecule has 9 heteroatoms. The molecule has 0 radical (unpaired) electrons. The highest BCUT2D eigenvalue weighted by atomic mass is 32.2. The zero-order valence-corrected chi connectivity index (χ0v) is 17.6. The third kappa shape index (κ3) is 3.64. The number of thioether (sulfide) groups is 1. The number of hydrogen-bond acceptors (Lipinski definition) is 8. The third-order valence-corrected chi connectivity index (χ3v) is 6.10. The molecular weight excluding hydrogens is 416 g/mol. The van der Waals surface area contributed by atoms with Gasteiger partial charge >= 0.3 is 0 Å². The number of hydrogen-bond donors (Lipinski definition) is 0. The summed E-state index contributed by atoms with van der Waals surface area (Å²) in [4.78, 5) is 8.60. The van der Waals surface area contributed by atoms with E-state index in [4.69, 9.17) is 4.52 Å². The standard InChI is InChI=1S/C21H16N6OS2/c1-14-4-2-3-5-17(14)27-19(15-6-9-22-10-7-15)24-25-21(27)30-13-18-23-20(28-26-18)16-8-11-29-12-16/h2-12H,13H2,1H3. The Bertz CT molecular complexity index is 1260. The molecule has 4 aromatic heterocycles. The molecular formula is C21H16N6OS2. The number of aryl methyl sites for hydroxylation is 1. The fraction of sp³-hybridized carbons (Fsp3) is 0.0952. The molecule has 0 aliphatic carbocycles. The van der Waals surface area contributed by atoms with Crippen molar-refractivity contribution < 1.29 is 4.52 Å². The highest BCUT2D eigenvalue weighted by Gasteiger charge is 2.18. The van der Waals surface area contributed by atoms with Crippen LogP contribution in [0.3, 0.4) is 0 Å². The van der Waals surface area contributed by atoms with Crippen LogP contribution in [0.4, 0.5) is 0 Å². The molecule has 4 heterocycles. The molecule has 0 saturated heterocycles. The van der Waals surface area contributed by atoms with Crippen molar-refractivity contribution in [3.8, 4) is 28.5 Å². The van der Waals surface area contributed by atoms with Gasteiger partial charge in [0.25, 0.3) is 5.89 Å². The van der Waals surface area contributed by atoms with Crippen LogP contribution in [-0.2, 0) is 5.75 Å². The maximum absolute atomic E-state index is 5.39. The Kier molecular flexibility index (Phi) is 5.12. The normalized spacial score (nSPS) is 11.1. The number of benzene rings is 1. The van der Waals surface area contributed by atoms with E-state index in [-0.39, 0.29) is 0 Å². The lowest BCUT2D eigenvalue weighted by Gasteiger charge is -2.12. The summed E-state index contributed by atoms with van der Waals surface area (Å²) in [5, 5.41) is 17.8. The van der Waals surface area contributed by atoms with Crippen molar-refractivity contribution in [1.29, 1.82) is 0 Å². The van der Waals surface area contributed by atoms with E-state index < -0.39 is 0 Å². The second-order valence-corrected chi connectivity index (χ2v) is 8.20. The van der Waals surface area contributed by atoms with Crippen LogP contribution in [0.25, 0.3) is 28.5 Å². The highest BCUT2D eigenvalue weighted by Crippen LogP contribution is 2.31. The van der Waals surface area contributed by atoms with Crippen LogP contribution in [-0.4, -0.2) is 29.9 Å². The van der Waals surface area contributed by atoms with Crippen LogP contribution >= 0.6 is 23.1 Å². The lowest BCUT2D eigenvalue weighted by molar-refractivity contribution is 0.425. The van der Waals surface area contributed by atoms with Crippen LogP contribution in [0.5, 0.6) is 0 Å². The summed E-state index contributed by atoms with van der Waals surface area (Å²) in [7, 11) is 0. The van der Waals surface area contributed by atoms with Gasteiger partial charge in [0.1, 0.15) is 0 Å². The van der Waals surface area contributed by atoms with Crippen molar-refractivity contribution in [1.82, 2.24) is 29.9 Å². The minimum atomic E-state index is 0.522. The zero-order chi connectivity index (χ0) is 20.3. The summed E-state index contributed by atoms with van der Waals surface area (Å²) in [5.41, 5.74) is 4.05. The Morgan fingerprint density at radius 3 is 2.70 bits per heavy atom.